The Morgan fingerprint density at radius 2 is 1.95 bits per heavy atom. The largest absolute Gasteiger partial charge is 0.494 e. The minimum Gasteiger partial charge on any atom is -0.494 e. The van der Waals surface area contributed by atoms with E-state index in [4.69, 9.17) is 37.7 Å². The first-order valence-corrected chi connectivity index (χ1v) is 8.08. The van der Waals surface area contributed by atoms with Gasteiger partial charge in [0.2, 0.25) is 0 Å². The predicted octanol–water partition coefficient (Wildman–Crippen LogP) is 3.61. The molecule has 1 fully saturated rings. The molecule has 1 saturated heterocycles. The summed E-state index contributed by atoms with van der Waals surface area (Å²) in [7, 11) is 3.17. The molecule has 0 unspecified atom stereocenters. The van der Waals surface area contributed by atoms with Gasteiger partial charge in [0.05, 0.1) is 14.2 Å². The van der Waals surface area contributed by atoms with E-state index in [2.05, 4.69) is 4.90 Å². The number of rotatable bonds is 2. The van der Waals surface area contributed by atoms with E-state index >= 15 is 0 Å². The predicted molar refractivity (Wildman–Crippen MR) is 84.6 cm³/mol. The van der Waals surface area contributed by atoms with E-state index in [9.17, 15) is 0 Å². The van der Waals surface area contributed by atoms with Crippen LogP contribution in [0, 0.1) is 0 Å². The number of allylic oxidation sites excluding steroid dienone is 1. The van der Waals surface area contributed by atoms with Crippen molar-refractivity contribution in [3.63, 3.8) is 0 Å². The average molecular weight is 331 g/mol. The second-order valence-electron chi connectivity index (χ2n) is 5.66. The lowest BCUT2D eigenvalue weighted by Gasteiger charge is -2.37. The fourth-order valence-electron chi connectivity index (χ4n) is 3.26. The van der Waals surface area contributed by atoms with E-state index in [1.165, 1.54) is 19.3 Å². The molecule has 0 atom stereocenters. The van der Waals surface area contributed by atoms with Crippen LogP contribution in [0.3, 0.4) is 0 Å². The number of alkyl halides is 2. The zero-order valence-corrected chi connectivity index (χ0v) is 13.9. The van der Waals surface area contributed by atoms with Crippen LogP contribution < -0.4 is 0 Å². The molecule has 3 aliphatic rings. The van der Waals surface area contributed by atoms with Crippen molar-refractivity contribution in [1.82, 2.24) is 4.90 Å². The number of halogens is 2. The summed E-state index contributed by atoms with van der Waals surface area (Å²) in [5, 5.41) is 0. The lowest BCUT2D eigenvalue weighted by atomic mass is 9.96. The van der Waals surface area contributed by atoms with E-state index in [1.807, 2.05) is 0 Å². The molecule has 0 aromatic heterocycles. The van der Waals surface area contributed by atoms with Gasteiger partial charge >= 0.3 is 0 Å². The van der Waals surface area contributed by atoms with Crippen LogP contribution in [0.1, 0.15) is 32.1 Å². The van der Waals surface area contributed by atoms with Crippen molar-refractivity contribution in [3.05, 3.63) is 22.8 Å². The smallest absolute Gasteiger partial charge is 0.185 e. The molecule has 6 heteroatoms. The van der Waals surface area contributed by atoms with Crippen LogP contribution in [-0.4, -0.2) is 42.4 Å². The molecule has 0 N–H and O–H groups in total. The first-order chi connectivity index (χ1) is 10.1. The minimum atomic E-state index is -1.09. The number of hydrogen-bond donors (Lipinski definition) is 0. The van der Waals surface area contributed by atoms with Gasteiger partial charge in [0.25, 0.3) is 0 Å². The zero-order chi connectivity index (χ0) is 15.0. The second kappa shape index (κ2) is 5.73. The summed E-state index contributed by atoms with van der Waals surface area (Å²) >= 11 is 12.9. The number of amidine groups is 1. The van der Waals surface area contributed by atoms with Crippen molar-refractivity contribution in [2.45, 2.75) is 36.4 Å². The van der Waals surface area contributed by atoms with Gasteiger partial charge < -0.3 is 14.4 Å². The molecule has 0 spiro atoms. The van der Waals surface area contributed by atoms with Crippen molar-refractivity contribution < 1.29 is 9.47 Å². The standard InChI is InChI=1S/C15H20Cl2N2O2/c1-20-13-12-10(8-15(16,17)14(13)21-2)9-19-7-5-3-4-6-11(19)18-12/h3-9H2,1-2H3. The van der Waals surface area contributed by atoms with Crippen molar-refractivity contribution in [1.29, 1.82) is 0 Å². The van der Waals surface area contributed by atoms with Crippen LogP contribution in [0.4, 0.5) is 0 Å². The van der Waals surface area contributed by atoms with Crippen molar-refractivity contribution in [2.24, 2.45) is 4.99 Å². The highest BCUT2D eigenvalue weighted by Gasteiger charge is 2.43. The molecule has 0 aromatic rings. The maximum atomic E-state index is 6.44. The van der Waals surface area contributed by atoms with Gasteiger partial charge in [0.15, 0.2) is 15.9 Å². The molecule has 116 valence electrons. The first kappa shape index (κ1) is 15.0. The molecular weight excluding hydrogens is 311 g/mol. The van der Waals surface area contributed by atoms with E-state index in [-0.39, 0.29) is 0 Å². The van der Waals surface area contributed by atoms with Gasteiger partial charge in [-0.1, -0.05) is 29.6 Å². The Morgan fingerprint density at radius 1 is 1.14 bits per heavy atom. The van der Waals surface area contributed by atoms with Crippen LogP contribution in [0.5, 0.6) is 0 Å². The molecule has 0 amide bonds. The molecule has 4 nitrogen and oxygen atoms in total. The molecule has 0 bridgehead atoms. The van der Waals surface area contributed by atoms with E-state index < -0.39 is 4.33 Å². The van der Waals surface area contributed by atoms with Gasteiger partial charge in [0, 0.05) is 25.9 Å². The van der Waals surface area contributed by atoms with Crippen molar-refractivity contribution in [3.8, 4) is 0 Å². The monoisotopic (exact) mass is 330 g/mol. The molecule has 0 aromatic carbocycles. The average Bonchev–Trinajstić information content (AvgIpc) is 2.67. The lowest BCUT2D eigenvalue weighted by Crippen LogP contribution is -2.39. The highest BCUT2D eigenvalue weighted by molar-refractivity contribution is 6.50. The van der Waals surface area contributed by atoms with Crippen molar-refractivity contribution in [2.75, 3.05) is 27.3 Å². The van der Waals surface area contributed by atoms with Gasteiger partial charge in [0.1, 0.15) is 11.5 Å². The van der Waals surface area contributed by atoms with Gasteiger partial charge in [-0.3, -0.25) is 0 Å². The third kappa shape index (κ3) is 2.64. The Bertz CT molecular complexity index is 538. The third-order valence-corrected chi connectivity index (χ3v) is 4.86. The Balaban J connectivity index is 2.04. The minimum absolute atomic E-state index is 0.457. The summed E-state index contributed by atoms with van der Waals surface area (Å²) < 4.78 is 9.82. The summed E-state index contributed by atoms with van der Waals surface area (Å²) in [5.41, 5.74) is 1.99. The number of nitrogens with zero attached hydrogens (tertiary/aromatic N) is 2. The van der Waals surface area contributed by atoms with Crippen LogP contribution >= 0.6 is 23.2 Å². The lowest BCUT2D eigenvalue weighted by molar-refractivity contribution is 0.206. The molecule has 0 radical (unpaired) electrons. The maximum absolute atomic E-state index is 6.44. The fourth-order valence-corrected chi connectivity index (χ4v) is 3.91. The molecule has 1 aliphatic carbocycles. The highest BCUT2D eigenvalue weighted by atomic mass is 35.5. The SMILES string of the molecule is COC1=C(OC)C(Cl)(Cl)CC2=C1N=C1CCCCCN1C2. The summed E-state index contributed by atoms with van der Waals surface area (Å²) in [6, 6.07) is 0. The van der Waals surface area contributed by atoms with Crippen molar-refractivity contribution >= 4 is 29.0 Å². The van der Waals surface area contributed by atoms with Crippen LogP contribution in [-0.2, 0) is 9.47 Å². The van der Waals surface area contributed by atoms with E-state index in [0.717, 1.165) is 36.6 Å². The van der Waals surface area contributed by atoms with Gasteiger partial charge in [-0.05, 0) is 18.4 Å². The fraction of sp³-hybridized carbons (Fsp3) is 0.667. The number of ether oxygens (including phenoxy) is 2. The Hall–Kier alpha value is -0.870. The molecule has 3 rings (SSSR count). The summed E-state index contributed by atoms with van der Waals surface area (Å²) in [6.07, 6.45) is 5.20. The molecule has 21 heavy (non-hydrogen) atoms. The summed E-state index contributed by atoms with van der Waals surface area (Å²) in [5.74, 6) is 2.17. The second-order valence-corrected chi connectivity index (χ2v) is 7.14. The zero-order valence-electron chi connectivity index (χ0n) is 12.4. The van der Waals surface area contributed by atoms with Gasteiger partial charge in [-0.2, -0.15) is 0 Å². The number of aliphatic imine (C=N–C) groups is 1. The number of fused-ring (bicyclic) bond motifs is 1. The Kier molecular flexibility index (Phi) is 4.10. The molecular formula is C15H20Cl2N2O2. The van der Waals surface area contributed by atoms with Crippen LogP contribution in [0.2, 0.25) is 0 Å². The Labute approximate surface area is 135 Å². The molecule has 2 aliphatic heterocycles. The summed E-state index contributed by atoms with van der Waals surface area (Å²) in [4.78, 5) is 7.19. The van der Waals surface area contributed by atoms with E-state index in [0.29, 0.717) is 17.9 Å². The van der Waals surface area contributed by atoms with Gasteiger partial charge in [-0.15, -0.1) is 0 Å². The van der Waals surface area contributed by atoms with Crippen LogP contribution in [0.15, 0.2) is 27.8 Å². The maximum Gasteiger partial charge on any atom is 0.185 e. The first-order valence-electron chi connectivity index (χ1n) is 7.32. The quantitative estimate of drug-likeness (QED) is 0.725. The highest BCUT2D eigenvalue weighted by Crippen LogP contribution is 2.47. The third-order valence-electron chi connectivity index (χ3n) is 4.25. The number of hydrogen-bond acceptors (Lipinski definition) is 4. The van der Waals surface area contributed by atoms with Crippen LogP contribution in [0.25, 0.3) is 0 Å². The molecule has 2 heterocycles. The van der Waals surface area contributed by atoms with E-state index in [1.54, 1.807) is 14.2 Å². The Morgan fingerprint density at radius 3 is 2.67 bits per heavy atom. The summed E-state index contributed by atoms with van der Waals surface area (Å²) in [6.45, 7) is 1.88. The molecule has 0 saturated carbocycles. The van der Waals surface area contributed by atoms with Gasteiger partial charge in [-0.25, -0.2) is 4.99 Å². The topological polar surface area (TPSA) is 34.1 Å². The normalized spacial score (nSPS) is 25.0. The number of methoxy groups -OCH3 is 2.